The maximum Gasteiger partial charge on any atom is 0.239 e. The van der Waals surface area contributed by atoms with E-state index in [1.165, 1.54) is 5.52 Å². The number of carbonyl (C=O) groups is 1. The van der Waals surface area contributed by atoms with E-state index in [4.69, 9.17) is 9.47 Å². The minimum Gasteiger partial charge on any atom is -0.490 e. The van der Waals surface area contributed by atoms with Crippen molar-refractivity contribution in [2.45, 2.75) is 44.4 Å². The number of fused-ring (bicyclic) bond motifs is 1. The molecule has 4 rings (SSSR count). The Morgan fingerprint density at radius 3 is 2.71 bits per heavy atom. The SMILES string of the molecule is COCCn1ccc2c(OC3CCN(C4CCCN(C)C4=O)CC3)cccc21. The van der Waals surface area contributed by atoms with E-state index in [-0.39, 0.29) is 18.1 Å². The third-order valence-corrected chi connectivity index (χ3v) is 6.15. The number of rotatable bonds is 6. The molecule has 0 bridgehead atoms. The predicted molar refractivity (Wildman–Crippen MR) is 110 cm³/mol. The number of piperidine rings is 2. The quantitative estimate of drug-likeness (QED) is 0.767. The average Bonchev–Trinajstić information content (AvgIpc) is 3.13. The number of amides is 1. The molecular formula is C22H31N3O3. The smallest absolute Gasteiger partial charge is 0.239 e. The Bertz CT molecular complexity index is 810. The highest BCUT2D eigenvalue weighted by Crippen LogP contribution is 2.30. The second kappa shape index (κ2) is 8.53. The van der Waals surface area contributed by atoms with Crippen molar-refractivity contribution in [2.24, 2.45) is 0 Å². The molecular weight excluding hydrogens is 354 g/mol. The average molecular weight is 386 g/mol. The Balaban J connectivity index is 1.38. The maximum absolute atomic E-state index is 12.5. The lowest BCUT2D eigenvalue weighted by Gasteiger charge is -2.40. The second-order valence-corrected chi connectivity index (χ2v) is 7.96. The molecule has 2 aliphatic heterocycles. The van der Waals surface area contributed by atoms with E-state index in [9.17, 15) is 4.79 Å². The van der Waals surface area contributed by atoms with Gasteiger partial charge in [0, 0.05) is 51.9 Å². The molecule has 0 saturated carbocycles. The molecule has 1 atom stereocenters. The van der Waals surface area contributed by atoms with Gasteiger partial charge in [-0.3, -0.25) is 9.69 Å². The summed E-state index contributed by atoms with van der Waals surface area (Å²) in [6.45, 7) is 4.29. The Hall–Kier alpha value is -2.05. The van der Waals surface area contributed by atoms with Crippen LogP contribution in [0.3, 0.4) is 0 Å². The van der Waals surface area contributed by atoms with E-state index in [0.717, 1.165) is 63.0 Å². The number of carbonyl (C=O) groups excluding carboxylic acids is 1. The van der Waals surface area contributed by atoms with Gasteiger partial charge >= 0.3 is 0 Å². The van der Waals surface area contributed by atoms with E-state index in [1.807, 2.05) is 11.9 Å². The van der Waals surface area contributed by atoms with Crippen molar-refractivity contribution < 1.29 is 14.3 Å². The monoisotopic (exact) mass is 385 g/mol. The molecule has 2 fully saturated rings. The van der Waals surface area contributed by atoms with E-state index in [0.29, 0.717) is 6.61 Å². The third-order valence-electron chi connectivity index (χ3n) is 6.15. The highest BCUT2D eigenvalue weighted by molar-refractivity contribution is 5.86. The summed E-state index contributed by atoms with van der Waals surface area (Å²) in [5.74, 6) is 1.24. The number of likely N-dealkylation sites (N-methyl/N-ethyl adjacent to an activating group) is 1. The van der Waals surface area contributed by atoms with Gasteiger partial charge in [0.15, 0.2) is 0 Å². The molecule has 152 valence electrons. The van der Waals surface area contributed by atoms with Gasteiger partial charge in [-0.25, -0.2) is 0 Å². The highest BCUT2D eigenvalue weighted by Gasteiger charge is 2.34. The molecule has 0 spiro atoms. The molecule has 1 aromatic heterocycles. The van der Waals surface area contributed by atoms with Gasteiger partial charge in [0.05, 0.1) is 18.2 Å². The second-order valence-electron chi connectivity index (χ2n) is 7.96. The topological polar surface area (TPSA) is 46.9 Å². The van der Waals surface area contributed by atoms with Crippen molar-refractivity contribution >= 4 is 16.8 Å². The zero-order valence-corrected chi connectivity index (χ0v) is 17.0. The van der Waals surface area contributed by atoms with Crippen LogP contribution in [0.1, 0.15) is 25.7 Å². The van der Waals surface area contributed by atoms with Gasteiger partial charge in [0.25, 0.3) is 0 Å². The van der Waals surface area contributed by atoms with Crippen molar-refractivity contribution in [2.75, 3.05) is 40.4 Å². The number of aromatic nitrogens is 1. The fourth-order valence-corrected chi connectivity index (χ4v) is 4.52. The molecule has 6 heteroatoms. The van der Waals surface area contributed by atoms with Crippen molar-refractivity contribution in [1.82, 2.24) is 14.4 Å². The van der Waals surface area contributed by atoms with Crippen molar-refractivity contribution in [3.63, 3.8) is 0 Å². The Morgan fingerprint density at radius 2 is 1.93 bits per heavy atom. The van der Waals surface area contributed by atoms with Crippen LogP contribution in [0.15, 0.2) is 30.5 Å². The van der Waals surface area contributed by atoms with E-state index >= 15 is 0 Å². The molecule has 0 aliphatic carbocycles. The molecule has 1 amide bonds. The van der Waals surface area contributed by atoms with Crippen molar-refractivity contribution in [3.05, 3.63) is 30.5 Å². The summed E-state index contributed by atoms with van der Waals surface area (Å²) >= 11 is 0. The number of ether oxygens (including phenoxy) is 2. The zero-order valence-electron chi connectivity index (χ0n) is 17.0. The van der Waals surface area contributed by atoms with Crippen LogP contribution in [0.2, 0.25) is 0 Å². The predicted octanol–water partition coefficient (Wildman–Crippen LogP) is 2.75. The minimum absolute atomic E-state index is 0.0675. The molecule has 2 aliphatic rings. The van der Waals surface area contributed by atoms with Crippen molar-refractivity contribution in [1.29, 1.82) is 0 Å². The molecule has 0 radical (unpaired) electrons. The van der Waals surface area contributed by atoms with Gasteiger partial charge in [0.1, 0.15) is 11.9 Å². The zero-order chi connectivity index (χ0) is 19.5. The number of hydrogen-bond donors (Lipinski definition) is 0. The molecule has 3 heterocycles. The van der Waals surface area contributed by atoms with Gasteiger partial charge in [-0.15, -0.1) is 0 Å². The van der Waals surface area contributed by atoms with Gasteiger partial charge < -0.3 is 18.9 Å². The summed E-state index contributed by atoms with van der Waals surface area (Å²) in [7, 11) is 3.65. The van der Waals surface area contributed by atoms with E-state index < -0.39 is 0 Å². The lowest BCUT2D eigenvalue weighted by molar-refractivity contribution is -0.139. The highest BCUT2D eigenvalue weighted by atomic mass is 16.5. The molecule has 2 saturated heterocycles. The summed E-state index contributed by atoms with van der Waals surface area (Å²) in [6, 6.07) is 8.46. The fourth-order valence-electron chi connectivity index (χ4n) is 4.52. The number of benzene rings is 1. The lowest BCUT2D eigenvalue weighted by Crippen LogP contribution is -2.54. The van der Waals surface area contributed by atoms with Gasteiger partial charge in [0.2, 0.25) is 5.91 Å². The maximum atomic E-state index is 12.5. The van der Waals surface area contributed by atoms with Gasteiger partial charge in [-0.2, -0.15) is 0 Å². The fraction of sp³-hybridized carbons (Fsp3) is 0.591. The third kappa shape index (κ3) is 3.89. The van der Waals surface area contributed by atoms with Crippen LogP contribution in [0.5, 0.6) is 5.75 Å². The Labute approximate surface area is 167 Å². The molecule has 2 aromatic rings. The van der Waals surface area contributed by atoms with Crippen LogP contribution in [0.4, 0.5) is 0 Å². The Kier molecular flexibility index (Phi) is 5.87. The summed E-state index contributed by atoms with van der Waals surface area (Å²) < 4.78 is 13.8. The van der Waals surface area contributed by atoms with Crippen molar-refractivity contribution in [3.8, 4) is 5.75 Å². The molecule has 1 aromatic carbocycles. The number of likely N-dealkylation sites (tertiary alicyclic amines) is 2. The lowest BCUT2D eigenvalue weighted by atomic mass is 9.99. The summed E-state index contributed by atoms with van der Waals surface area (Å²) in [6.07, 6.45) is 6.34. The van der Waals surface area contributed by atoms with Crippen LogP contribution >= 0.6 is 0 Å². The van der Waals surface area contributed by atoms with Gasteiger partial charge in [-0.05, 0) is 43.9 Å². The Morgan fingerprint density at radius 1 is 1.11 bits per heavy atom. The number of hydrogen-bond acceptors (Lipinski definition) is 4. The first-order chi connectivity index (χ1) is 13.7. The van der Waals surface area contributed by atoms with E-state index in [2.05, 4.69) is 39.9 Å². The van der Waals surface area contributed by atoms with Crippen LogP contribution < -0.4 is 4.74 Å². The number of nitrogens with zero attached hydrogens (tertiary/aromatic N) is 3. The number of methoxy groups -OCH3 is 1. The molecule has 0 N–H and O–H groups in total. The van der Waals surface area contributed by atoms with Crippen LogP contribution in [0, 0.1) is 0 Å². The molecule has 28 heavy (non-hydrogen) atoms. The molecule has 1 unspecified atom stereocenters. The minimum atomic E-state index is 0.0675. The first-order valence-electron chi connectivity index (χ1n) is 10.4. The van der Waals surface area contributed by atoms with Crippen LogP contribution in [0.25, 0.3) is 10.9 Å². The largest absolute Gasteiger partial charge is 0.490 e. The van der Waals surface area contributed by atoms with Crippen LogP contribution in [-0.4, -0.2) is 72.8 Å². The normalized spacial score (nSPS) is 22.1. The first kappa shape index (κ1) is 19.3. The standard InChI is InChI=1S/C22H31N3O3/c1-23-11-4-6-20(22(23)26)24-12-8-17(9-13-24)28-21-7-3-5-19-18(21)10-14-25(19)15-16-27-2/h3,5,7,10,14,17,20H,4,6,8-9,11-13,15-16H2,1-2H3. The van der Waals surface area contributed by atoms with Gasteiger partial charge in [-0.1, -0.05) is 6.07 Å². The summed E-state index contributed by atoms with van der Waals surface area (Å²) in [5.41, 5.74) is 1.18. The van der Waals surface area contributed by atoms with Crippen LogP contribution in [-0.2, 0) is 16.1 Å². The van der Waals surface area contributed by atoms with E-state index in [1.54, 1.807) is 7.11 Å². The first-order valence-corrected chi connectivity index (χ1v) is 10.4. The molecule has 6 nitrogen and oxygen atoms in total. The summed E-state index contributed by atoms with van der Waals surface area (Å²) in [4.78, 5) is 16.7. The summed E-state index contributed by atoms with van der Waals surface area (Å²) in [5, 5.41) is 1.16.